The van der Waals surface area contributed by atoms with Gasteiger partial charge in [-0.1, -0.05) is 113 Å². The molecule has 1 heterocycles. The highest BCUT2D eigenvalue weighted by Gasteiger charge is 2.52. The maximum Gasteiger partial charge on any atom is 0.338 e. The van der Waals surface area contributed by atoms with E-state index in [0.29, 0.717) is 17.7 Å². The Hall–Kier alpha value is -4.95. The minimum absolute atomic E-state index is 0.136. The molecule has 1 aliphatic heterocycles. The molecule has 2 aromatic rings. The van der Waals surface area contributed by atoms with Crippen LogP contribution in [0.1, 0.15) is 125 Å². The third-order valence-corrected chi connectivity index (χ3v) is 9.70. The molecule has 0 spiro atoms. The average molecular weight is 841 g/mol. The van der Waals surface area contributed by atoms with Crippen molar-refractivity contribution in [1.82, 2.24) is 0 Å². The number of carbonyl (C=O) groups is 4. The smallest absolute Gasteiger partial charge is 0.338 e. The molecule has 1 fully saturated rings. The van der Waals surface area contributed by atoms with Gasteiger partial charge in [-0.3, -0.25) is 14.4 Å². The van der Waals surface area contributed by atoms with Crippen LogP contribution in [-0.4, -0.2) is 87.1 Å². The molecule has 0 radical (unpaired) electrons. The standard InChI is InChI=1S/C45H63N3O12/c1-6-7-8-9-10-11-12-13-14-15-16-17-21-24-39(59-44(52)36-22-19-18-20-23-36)38(47-48-46)30-56-45-43(55-29-35-25-27-37(53-5)28-26-35)42(58-34(4)51)41(57-33(3)50)40(60-45)31-54-32(2)49/h18-28,38-43,45H,6-17,29-31H2,1-5H3/b24-21+/t38-,39+,40+,41-,42-,43+,45?/m0/s1/i2D,3D,4D. The third-order valence-electron chi connectivity index (χ3n) is 9.70. The summed E-state index contributed by atoms with van der Waals surface area (Å²) in [7, 11) is 1.51. The number of esters is 4. The van der Waals surface area contributed by atoms with E-state index in [0.717, 1.165) is 19.3 Å². The van der Waals surface area contributed by atoms with Gasteiger partial charge in [0.2, 0.25) is 0 Å². The molecule has 15 nitrogen and oxygen atoms in total. The lowest BCUT2D eigenvalue weighted by Gasteiger charge is -2.44. The average Bonchev–Trinajstić information content (AvgIpc) is 3.31. The summed E-state index contributed by atoms with van der Waals surface area (Å²) in [6, 6.07) is 13.9. The molecular weight excluding hydrogens is 775 g/mol. The van der Waals surface area contributed by atoms with E-state index >= 15 is 0 Å². The van der Waals surface area contributed by atoms with Gasteiger partial charge in [-0.25, -0.2) is 4.79 Å². The van der Waals surface area contributed by atoms with Crippen LogP contribution in [0.4, 0.5) is 0 Å². The lowest BCUT2D eigenvalue weighted by molar-refractivity contribution is -0.316. The van der Waals surface area contributed by atoms with Crippen molar-refractivity contribution in [2.24, 2.45) is 5.11 Å². The Balaban J connectivity index is 1.90. The summed E-state index contributed by atoms with van der Waals surface area (Å²) < 4.78 is 68.9. The zero-order valence-corrected chi connectivity index (χ0v) is 34.9. The van der Waals surface area contributed by atoms with Gasteiger partial charge in [0.1, 0.15) is 36.7 Å². The van der Waals surface area contributed by atoms with Crippen LogP contribution in [0, 0.1) is 0 Å². The molecule has 2 aromatic carbocycles. The highest BCUT2D eigenvalue weighted by Crippen LogP contribution is 2.31. The first-order valence-corrected chi connectivity index (χ1v) is 20.6. The van der Waals surface area contributed by atoms with Crippen molar-refractivity contribution in [3.05, 3.63) is 88.3 Å². The second-order valence-corrected chi connectivity index (χ2v) is 14.4. The molecule has 0 N–H and O–H groups in total. The van der Waals surface area contributed by atoms with Crippen molar-refractivity contribution in [2.75, 3.05) is 20.3 Å². The minimum atomic E-state index is -1.55. The number of hydrogen-bond donors (Lipinski definition) is 0. The van der Waals surface area contributed by atoms with E-state index in [1.807, 2.05) is 6.08 Å². The van der Waals surface area contributed by atoms with Crippen molar-refractivity contribution >= 4 is 23.9 Å². The number of ether oxygens (including phenoxy) is 8. The van der Waals surface area contributed by atoms with Crippen LogP contribution in [-0.2, 0) is 54.1 Å². The summed E-state index contributed by atoms with van der Waals surface area (Å²) in [6.07, 6.45) is 8.71. The minimum Gasteiger partial charge on any atom is -0.497 e. The van der Waals surface area contributed by atoms with Crippen molar-refractivity contribution in [3.8, 4) is 5.75 Å². The fraction of sp³-hybridized carbons (Fsp3) is 0.600. The number of hydrogen-bond acceptors (Lipinski definition) is 13. The molecule has 1 unspecified atom stereocenters. The Bertz CT molecular complexity index is 1720. The van der Waals surface area contributed by atoms with Crippen LogP contribution in [0.15, 0.2) is 71.9 Å². The zero-order valence-electron chi connectivity index (χ0n) is 37.9. The van der Waals surface area contributed by atoms with E-state index in [1.54, 1.807) is 60.7 Å². The first-order chi connectivity index (χ1) is 30.7. The van der Waals surface area contributed by atoms with Crippen LogP contribution in [0.2, 0.25) is 0 Å². The normalized spacial score (nSPS) is 20.4. The van der Waals surface area contributed by atoms with Gasteiger partial charge in [0.25, 0.3) is 0 Å². The Kier molecular flexibility index (Phi) is 21.2. The van der Waals surface area contributed by atoms with Crippen LogP contribution in [0.3, 0.4) is 0 Å². The number of rotatable bonds is 28. The molecule has 0 saturated carbocycles. The number of azide groups is 1. The number of methoxy groups -OCH3 is 1. The summed E-state index contributed by atoms with van der Waals surface area (Å²) in [5.74, 6) is -3.10. The first kappa shape index (κ1) is 44.6. The maximum absolute atomic E-state index is 13.4. The number of benzene rings is 2. The molecule has 0 aliphatic carbocycles. The third kappa shape index (κ3) is 18.5. The van der Waals surface area contributed by atoms with Crippen molar-refractivity contribution in [2.45, 2.75) is 154 Å². The summed E-state index contributed by atoms with van der Waals surface area (Å²) in [5.41, 5.74) is 10.6. The molecule has 15 heteroatoms. The van der Waals surface area contributed by atoms with Crippen LogP contribution >= 0.6 is 0 Å². The highest BCUT2D eigenvalue weighted by molar-refractivity contribution is 5.89. The molecule has 0 aromatic heterocycles. The second-order valence-electron chi connectivity index (χ2n) is 14.4. The van der Waals surface area contributed by atoms with Crippen LogP contribution in [0.25, 0.3) is 10.4 Å². The lowest BCUT2D eigenvalue weighted by atomic mass is 9.98. The van der Waals surface area contributed by atoms with Crippen LogP contribution in [0.5, 0.6) is 5.75 Å². The number of allylic oxidation sites excluding steroid dienone is 1. The maximum atomic E-state index is 13.4. The van der Waals surface area contributed by atoms with Gasteiger partial charge in [0, 0.05) is 29.7 Å². The van der Waals surface area contributed by atoms with Crippen LogP contribution < -0.4 is 4.74 Å². The van der Waals surface area contributed by atoms with Crippen molar-refractivity contribution in [3.63, 3.8) is 0 Å². The van der Waals surface area contributed by atoms with E-state index in [2.05, 4.69) is 16.9 Å². The largest absolute Gasteiger partial charge is 0.497 e. The van der Waals surface area contributed by atoms with E-state index in [9.17, 15) is 24.7 Å². The van der Waals surface area contributed by atoms with E-state index in [-0.39, 0.29) is 12.2 Å². The fourth-order valence-corrected chi connectivity index (χ4v) is 6.61. The van der Waals surface area contributed by atoms with Gasteiger partial charge in [-0.15, -0.1) is 0 Å². The topological polar surface area (TPSA) is 191 Å². The molecule has 7 atom stereocenters. The van der Waals surface area contributed by atoms with Gasteiger partial charge in [-0.2, -0.15) is 0 Å². The van der Waals surface area contributed by atoms with Gasteiger partial charge in [0.15, 0.2) is 18.5 Å². The van der Waals surface area contributed by atoms with Crippen molar-refractivity contribution in [1.29, 1.82) is 0 Å². The SMILES string of the molecule is [2H]CC(=O)OC[C@H]1OC(OC[C@H](N=[N+]=[N-])[C@@H](/C=C/CCCCCCCCCCCCC)OC(=O)c2ccccc2)[C@H](OCc2ccc(OC)cc2)[C@@H](OC(=O)C[2H])[C@H]1OC(=O)C[2H]. The summed E-state index contributed by atoms with van der Waals surface area (Å²) in [5, 5.41) is 3.93. The second kappa shape index (κ2) is 28.5. The van der Waals surface area contributed by atoms with Gasteiger partial charge >= 0.3 is 23.9 Å². The van der Waals surface area contributed by atoms with E-state index < -0.39 is 101 Å². The van der Waals surface area contributed by atoms with Gasteiger partial charge in [-0.05, 0) is 54.3 Å². The highest BCUT2D eigenvalue weighted by atomic mass is 16.7. The number of unbranched alkanes of at least 4 members (excludes halogenated alkanes) is 11. The van der Waals surface area contributed by atoms with Gasteiger partial charge < -0.3 is 37.9 Å². The molecule has 0 amide bonds. The molecule has 330 valence electrons. The van der Waals surface area contributed by atoms with Crippen molar-refractivity contribution < 1.29 is 61.2 Å². The fourth-order valence-electron chi connectivity index (χ4n) is 6.61. The Morgan fingerprint density at radius 3 is 2.07 bits per heavy atom. The zero-order chi connectivity index (χ0) is 45.7. The van der Waals surface area contributed by atoms with Gasteiger partial charge in [0.05, 0.1) is 25.9 Å². The molecule has 3 rings (SSSR count). The molecule has 1 saturated heterocycles. The predicted octanol–water partition coefficient (Wildman–Crippen LogP) is 8.91. The number of carbonyl (C=O) groups excluding carboxylic acids is 4. The summed E-state index contributed by atoms with van der Waals surface area (Å²) in [6.45, 7) is -1.37. The number of nitrogens with zero attached hydrogens (tertiary/aromatic N) is 3. The summed E-state index contributed by atoms with van der Waals surface area (Å²) >= 11 is 0. The monoisotopic (exact) mass is 840 g/mol. The summed E-state index contributed by atoms with van der Waals surface area (Å²) in [4.78, 5) is 53.8. The Morgan fingerprint density at radius 2 is 1.45 bits per heavy atom. The molecular formula is C45H63N3O12. The Morgan fingerprint density at radius 1 is 0.817 bits per heavy atom. The molecule has 0 bridgehead atoms. The predicted molar refractivity (Wildman–Crippen MR) is 223 cm³/mol. The van der Waals surface area contributed by atoms with E-state index in [1.165, 1.54) is 58.5 Å². The van der Waals surface area contributed by atoms with E-state index in [4.69, 9.17) is 42.0 Å². The molecule has 60 heavy (non-hydrogen) atoms. The Labute approximate surface area is 358 Å². The lowest BCUT2D eigenvalue weighted by Crippen LogP contribution is -2.62. The molecule has 1 aliphatic rings. The first-order valence-electron chi connectivity index (χ1n) is 22.7. The quantitative estimate of drug-likeness (QED) is 0.0151.